The molecule has 1 aromatic heterocycles. The maximum Gasteiger partial charge on any atom is 0.407 e. The first-order chi connectivity index (χ1) is 11.3. The zero-order valence-corrected chi connectivity index (χ0v) is 13.0. The van der Waals surface area contributed by atoms with E-state index < -0.39 is 0 Å². The van der Waals surface area contributed by atoms with Gasteiger partial charge in [0.1, 0.15) is 6.61 Å². The molecular formula is C17H22N4O2. The molecule has 2 aromatic rings. The van der Waals surface area contributed by atoms with E-state index >= 15 is 0 Å². The van der Waals surface area contributed by atoms with Crippen LogP contribution in [0.4, 0.5) is 4.79 Å². The lowest BCUT2D eigenvalue weighted by molar-refractivity contribution is 0.125. The summed E-state index contributed by atoms with van der Waals surface area (Å²) in [6.45, 7) is 2.06. The van der Waals surface area contributed by atoms with E-state index in [1.54, 1.807) is 6.20 Å². The van der Waals surface area contributed by atoms with E-state index in [9.17, 15) is 4.79 Å². The number of aromatic nitrogens is 2. The number of rotatable bonds is 7. The second-order valence-electron chi connectivity index (χ2n) is 5.79. The van der Waals surface area contributed by atoms with Crippen LogP contribution < -0.4 is 10.6 Å². The monoisotopic (exact) mass is 314 g/mol. The van der Waals surface area contributed by atoms with Crippen molar-refractivity contribution in [3.63, 3.8) is 0 Å². The zero-order chi connectivity index (χ0) is 15.9. The molecule has 0 aliphatic heterocycles. The summed E-state index contributed by atoms with van der Waals surface area (Å²) >= 11 is 0. The van der Waals surface area contributed by atoms with Crippen molar-refractivity contribution in [2.24, 2.45) is 0 Å². The first-order valence-electron chi connectivity index (χ1n) is 7.97. The standard InChI is InChI=1S/C17H22N4O2/c22-17(23-13-14-5-2-1-3-6-14)20-16-11-15(12-16)18-8-10-21-9-4-7-19-21/h1-7,9,15-16,18H,8,10-13H2,(H,20,22). The van der Waals surface area contributed by atoms with Gasteiger partial charge in [-0.25, -0.2) is 4.79 Å². The number of benzene rings is 1. The molecule has 1 amide bonds. The van der Waals surface area contributed by atoms with Crippen LogP contribution in [0.5, 0.6) is 0 Å². The first-order valence-corrected chi connectivity index (χ1v) is 7.97. The fraction of sp³-hybridized carbons (Fsp3) is 0.412. The van der Waals surface area contributed by atoms with Gasteiger partial charge >= 0.3 is 6.09 Å². The van der Waals surface area contributed by atoms with Crippen LogP contribution in [0.3, 0.4) is 0 Å². The van der Waals surface area contributed by atoms with Gasteiger partial charge in [0.2, 0.25) is 0 Å². The Morgan fingerprint density at radius 1 is 1.22 bits per heavy atom. The highest BCUT2D eigenvalue weighted by Gasteiger charge is 2.30. The quantitative estimate of drug-likeness (QED) is 0.819. The van der Waals surface area contributed by atoms with Crippen LogP contribution in [-0.4, -0.2) is 34.5 Å². The van der Waals surface area contributed by atoms with Gasteiger partial charge in [0.05, 0.1) is 6.54 Å². The summed E-state index contributed by atoms with van der Waals surface area (Å²) in [5.41, 5.74) is 0.995. The molecule has 6 heteroatoms. The molecule has 1 heterocycles. The molecule has 0 unspecified atom stereocenters. The molecule has 1 aromatic carbocycles. The Kier molecular flexibility index (Phi) is 5.26. The van der Waals surface area contributed by atoms with Crippen molar-refractivity contribution in [2.45, 2.75) is 38.1 Å². The van der Waals surface area contributed by atoms with E-state index in [2.05, 4.69) is 15.7 Å². The molecule has 6 nitrogen and oxygen atoms in total. The molecule has 0 radical (unpaired) electrons. The van der Waals surface area contributed by atoms with Gasteiger partial charge in [-0.1, -0.05) is 30.3 Å². The topological polar surface area (TPSA) is 68.2 Å². The predicted octanol–water partition coefficient (Wildman–Crippen LogP) is 1.93. The van der Waals surface area contributed by atoms with Gasteiger partial charge in [-0.05, 0) is 24.5 Å². The SMILES string of the molecule is O=C(NC1CC(NCCn2cccn2)C1)OCc1ccccc1. The molecule has 3 rings (SSSR count). The second-order valence-corrected chi connectivity index (χ2v) is 5.79. The molecule has 1 aliphatic carbocycles. The van der Waals surface area contributed by atoms with E-state index in [1.165, 1.54) is 0 Å². The minimum atomic E-state index is -0.339. The van der Waals surface area contributed by atoms with E-state index in [0.29, 0.717) is 12.6 Å². The summed E-state index contributed by atoms with van der Waals surface area (Å²) in [7, 11) is 0. The number of alkyl carbamates (subject to hydrolysis) is 1. The average molecular weight is 314 g/mol. The van der Waals surface area contributed by atoms with Crippen molar-refractivity contribution in [3.8, 4) is 0 Å². The van der Waals surface area contributed by atoms with E-state index in [4.69, 9.17) is 4.74 Å². The number of carbonyl (C=O) groups is 1. The lowest BCUT2D eigenvalue weighted by Crippen LogP contribution is -2.52. The fourth-order valence-electron chi connectivity index (χ4n) is 2.65. The van der Waals surface area contributed by atoms with Crippen LogP contribution in [0.25, 0.3) is 0 Å². The predicted molar refractivity (Wildman–Crippen MR) is 86.8 cm³/mol. The summed E-state index contributed by atoms with van der Waals surface area (Å²) in [6.07, 6.45) is 5.28. The molecule has 0 atom stereocenters. The van der Waals surface area contributed by atoms with Crippen LogP contribution in [0.2, 0.25) is 0 Å². The minimum Gasteiger partial charge on any atom is -0.445 e. The molecule has 0 bridgehead atoms. The van der Waals surface area contributed by atoms with Gasteiger partial charge in [-0.15, -0.1) is 0 Å². The maximum absolute atomic E-state index is 11.7. The Morgan fingerprint density at radius 3 is 2.78 bits per heavy atom. The zero-order valence-electron chi connectivity index (χ0n) is 13.0. The molecular weight excluding hydrogens is 292 g/mol. The average Bonchev–Trinajstić information content (AvgIpc) is 3.05. The third-order valence-electron chi connectivity index (χ3n) is 4.01. The fourth-order valence-corrected chi connectivity index (χ4v) is 2.65. The van der Waals surface area contributed by atoms with Gasteiger partial charge < -0.3 is 15.4 Å². The van der Waals surface area contributed by atoms with Crippen LogP contribution in [-0.2, 0) is 17.9 Å². The Bertz CT molecular complexity index is 594. The summed E-state index contributed by atoms with van der Waals surface area (Å²) in [5, 5.41) is 10.5. The van der Waals surface area contributed by atoms with E-state index in [0.717, 1.165) is 31.5 Å². The summed E-state index contributed by atoms with van der Waals surface area (Å²) in [5.74, 6) is 0. The smallest absolute Gasteiger partial charge is 0.407 e. The number of amides is 1. The van der Waals surface area contributed by atoms with Gasteiger partial charge in [-0.2, -0.15) is 5.10 Å². The third kappa shape index (κ3) is 4.82. The molecule has 2 N–H and O–H groups in total. The van der Waals surface area contributed by atoms with Gasteiger partial charge in [0.25, 0.3) is 0 Å². The van der Waals surface area contributed by atoms with Gasteiger partial charge in [0.15, 0.2) is 0 Å². The highest BCUT2D eigenvalue weighted by atomic mass is 16.5. The van der Waals surface area contributed by atoms with Crippen LogP contribution in [0.15, 0.2) is 48.8 Å². The lowest BCUT2D eigenvalue weighted by atomic mass is 9.87. The van der Waals surface area contributed by atoms with Crippen LogP contribution in [0.1, 0.15) is 18.4 Å². The molecule has 0 spiro atoms. The summed E-state index contributed by atoms with van der Waals surface area (Å²) in [6, 6.07) is 12.3. The Morgan fingerprint density at radius 2 is 2.04 bits per heavy atom. The molecule has 1 saturated carbocycles. The molecule has 1 fully saturated rings. The van der Waals surface area contributed by atoms with Crippen molar-refractivity contribution in [3.05, 3.63) is 54.4 Å². The van der Waals surface area contributed by atoms with E-state index in [-0.39, 0.29) is 12.1 Å². The molecule has 1 aliphatic rings. The van der Waals surface area contributed by atoms with Gasteiger partial charge in [0, 0.05) is 31.0 Å². The van der Waals surface area contributed by atoms with Crippen molar-refractivity contribution in [1.82, 2.24) is 20.4 Å². The number of nitrogens with zero attached hydrogens (tertiary/aromatic N) is 2. The lowest BCUT2D eigenvalue weighted by Gasteiger charge is -2.36. The maximum atomic E-state index is 11.7. The largest absolute Gasteiger partial charge is 0.445 e. The van der Waals surface area contributed by atoms with E-state index in [1.807, 2.05) is 47.3 Å². The number of nitrogens with one attached hydrogen (secondary N) is 2. The van der Waals surface area contributed by atoms with Crippen molar-refractivity contribution >= 4 is 6.09 Å². The van der Waals surface area contributed by atoms with Crippen LogP contribution in [0, 0.1) is 0 Å². The number of hydrogen-bond donors (Lipinski definition) is 2. The normalized spacial score (nSPS) is 19.8. The highest BCUT2D eigenvalue weighted by Crippen LogP contribution is 2.19. The molecule has 23 heavy (non-hydrogen) atoms. The Balaban J connectivity index is 1.25. The van der Waals surface area contributed by atoms with Crippen molar-refractivity contribution < 1.29 is 9.53 Å². The second kappa shape index (κ2) is 7.78. The molecule has 122 valence electrons. The summed E-state index contributed by atoms with van der Waals surface area (Å²) in [4.78, 5) is 11.7. The van der Waals surface area contributed by atoms with Crippen LogP contribution >= 0.6 is 0 Å². The molecule has 0 saturated heterocycles. The number of carbonyl (C=O) groups excluding carboxylic acids is 1. The Labute approximate surface area is 135 Å². The first kappa shape index (κ1) is 15.6. The van der Waals surface area contributed by atoms with Crippen molar-refractivity contribution in [1.29, 1.82) is 0 Å². The third-order valence-corrected chi connectivity index (χ3v) is 4.01. The highest BCUT2D eigenvalue weighted by molar-refractivity contribution is 5.67. The van der Waals surface area contributed by atoms with Crippen molar-refractivity contribution in [2.75, 3.05) is 6.54 Å². The number of ether oxygens (including phenoxy) is 1. The van der Waals surface area contributed by atoms with Gasteiger partial charge in [-0.3, -0.25) is 4.68 Å². The Hall–Kier alpha value is -2.34. The number of hydrogen-bond acceptors (Lipinski definition) is 4. The minimum absolute atomic E-state index is 0.209. The summed E-state index contributed by atoms with van der Waals surface area (Å²) < 4.78 is 7.12.